The van der Waals surface area contributed by atoms with Crippen LogP contribution in [0.25, 0.3) is 0 Å². The molecule has 0 aliphatic heterocycles. The number of aliphatic hydroxyl groups is 1. The zero-order valence-corrected chi connectivity index (χ0v) is 47.2. The first-order valence-electron chi connectivity index (χ1n) is 28.4. The van der Waals surface area contributed by atoms with Crippen LogP contribution in [0.4, 0.5) is 0 Å². The number of phosphoric ester groups is 1. The molecule has 3 atom stereocenters. The molecule has 0 saturated heterocycles. The van der Waals surface area contributed by atoms with Crippen LogP contribution in [0.15, 0.2) is 122 Å². The summed E-state index contributed by atoms with van der Waals surface area (Å²) in [5.41, 5.74) is 0. The molecule has 12 heteroatoms. The summed E-state index contributed by atoms with van der Waals surface area (Å²) in [5, 5.41) is 9.81. The minimum Gasteiger partial charge on any atom is -0.461 e. The lowest BCUT2D eigenvalue weighted by Gasteiger charge is -2.21. The van der Waals surface area contributed by atoms with Crippen LogP contribution >= 0.6 is 7.82 Å². The van der Waals surface area contributed by atoms with E-state index in [2.05, 4.69) is 124 Å². The highest BCUT2D eigenvalue weighted by molar-refractivity contribution is 7.47. The van der Waals surface area contributed by atoms with Crippen molar-refractivity contribution in [3.8, 4) is 0 Å². The second kappa shape index (κ2) is 55.1. The number of rotatable bonds is 51. The highest BCUT2D eigenvalue weighted by Gasteiger charge is 2.28. The van der Waals surface area contributed by atoms with Crippen molar-refractivity contribution in [1.82, 2.24) is 0 Å². The maximum atomic E-state index is 12.9. The monoisotopic (exact) mass is 1050 g/mol. The summed E-state index contributed by atoms with van der Waals surface area (Å²) in [5.74, 6) is -1.65. The SMILES string of the molecule is CC/C=C\C/C=C\C/C=C\C/C=C\C/C=C\CC(=O)OCC(COP(=O)(O)OCC(CO)OC(=O)CCCCCCC/C=C\C/C=C\CCCCC)OC(=O)CCCCCCCCC/C=C\C/C=C\C/C=C\CC. The highest BCUT2D eigenvalue weighted by atomic mass is 31.2. The standard InChI is InChI=1S/C62H101O11P/c1-4-7-10-13-16-19-22-25-28-29-32-35-38-41-44-47-50-53-62(66)73-59(55-69-60(64)51-48-45-42-39-36-33-30-26-23-20-17-14-11-8-5-2)57-71-74(67,68)70-56-58(54-63)72-61(65)52-49-46-43-40-37-34-31-27-24-21-18-15-12-9-6-3/h7-8,10-11,16-21,25-28,30-31,36,39,45,48,58-59,63H,4-6,9,12-15,22-24,29,32-35,37-38,40-44,46-47,49-57H2,1-3H3,(H,67,68)/b10-7-,11-8-,19-16-,20-17-,21-18-,28-25-,30-26-,31-27-,39-36-,48-45-. The summed E-state index contributed by atoms with van der Waals surface area (Å²) in [6.07, 6.45) is 67.5. The van der Waals surface area contributed by atoms with E-state index in [0.29, 0.717) is 19.3 Å². The van der Waals surface area contributed by atoms with Gasteiger partial charge in [0, 0.05) is 12.8 Å². The third-order valence-corrected chi connectivity index (χ3v) is 12.3. The molecule has 0 rings (SSSR count). The van der Waals surface area contributed by atoms with Gasteiger partial charge in [-0.05, 0) is 109 Å². The first-order chi connectivity index (χ1) is 36.2. The fourth-order valence-corrected chi connectivity index (χ4v) is 7.90. The average molecular weight is 1050 g/mol. The molecule has 3 unspecified atom stereocenters. The molecule has 0 fully saturated rings. The van der Waals surface area contributed by atoms with Gasteiger partial charge in [0.1, 0.15) is 12.7 Å². The van der Waals surface area contributed by atoms with Crippen LogP contribution in [0.5, 0.6) is 0 Å². The van der Waals surface area contributed by atoms with Gasteiger partial charge in [-0.3, -0.25) is 23.4 Å². The maximum absolute atomic E-state index is 12.9. The molecular formula is C62H101O11P. The van der Waals surface area contributed by atoms with E-state index < -0.39 is 64.4 Å². The Kier molecular flexibility index (Phi) is 52.1. The fourth-order valence-electron chi connectivity index (χ4n) is 7.12. The van der Waals surface area contributed by atoms with E-state index in [0.717, 1.165) is 135 Å². The Morgan fingerprint density at radius 1 is 0.405 bits per heavy atom. The predicted octanol–water partition coefficient (Wildman–Crippen LogP) is 16.8. The van der Waals surface area contributed by atoms with E-state index >= 15 is 0 Å². The summed E-state index contributed by atoms with van der Waals surface area (Å²) in [7, 11) is -4.78. The fraction of sp³-hybridized carbons (Fsp3) is 0.629. The molecule has 0 radical (unpaired) electrons. The summed E-state index contributed by atoms with van der Waals surface area (Å²) in [6.45, 7) is 4.24. The van der Waals surface area contributed by atoms with Crippen LogP contribution in [0.3, 0.4) is 0 Å². The van der Waals surface area contributed by atoms with Crippen molar-refractivity contribution in [2.75, 3.05) is 26.4 Å². The quantitative estimate of drug-likeness (QED) is 0.0197. The number of ether oxygens (including phenoxy) is 3. The summed E-state index contributed by atoms with van der Waals surface area (Å²) in [4.78, 5) is 48.5. The zero-order valence-electron chi connectivity index (χ0n) is 46.3. The van der Waals surface area contributed by atoms with Gasteiger partial charge in [-0.1, -0.05) is 206 Å². The summed E-state index contributed by atoms with van der Waals surface area (Å²) >= 11 is 0. The second-order valence-electron chi connectivity index (χ2n) is 18.3. The first kappa shape index (κ1) is 69.9. The van der Waals surface area contributed by atoms with Gasteiger partial charge in [-0.25, -0.2) is 4.57 Å². The van der Waals surface area contributed by atoms with Crippen molar-refractivity contribution in [3.05, 3.63) is 122 Å². The number of esters is 3. The van der Waals surface area contributed by atoms with Gasteiger partial charge in [0.15, 0.2) is 6.10 Å². The van der Waals surface area contributed by atoms with Gasteiger partial charge in [-0.15, -0.1) is 0 Å². The molecule has 11 nitrogen and oxygen atoms in total. The van der Waals surface area contributed by atoms with E-state index in [4.69, 9.17) is 23.3 Å². The molecule has 0 spiro atoms. The summed E-state index contributed by atoms with van der Waals surface area (Å²) < 4.78 is 39.4. The van der Waals surface area contributed by atoms with E-state index in [-0.39, 0.29) is 19.3 Å². The van der Waals surface area contributed by atoms with Crippen molar-refractivity contribution in [2.45, 2.75) is 226 Å². The van der Waals surface area contributed by atoms with Crippen LogP contribution in [-0.4, -0.2) is 66.5 Å². The minimum absolute atomic E-state index is 0.0147. The molecule has 0 aliphatic carbocycles. The number of phosphoric acid groups is 1. The smallest absolute Gasteiger partial charge is 0.461 e. The van der Waals surface area contributed by atoms with Crippen molar-refractivity contribution >= 4 is 25.7 Å². The molecule has 0 aromatic carbocycles. The number of hydrogen-bond donors (Lipinski definition) is 2. The number of carbonyl (C=O) groups excluding carboxylic acids is 3. The van der Waals surface area contributed by atoms with Gasteiger partial charge >= 0.3 is 25.7 Å². The van der Waals surface area contributed by atoms with Crippen LogP contribution in [0.2, 0.25) is 0 Å². The molecular weight excluding hydrogens is 952 g/mol. The molecule has 2 N–H and O–H groups in total. The van der Waals surface area contributed by atoms with Crippen LogP contribution < -0.4 is 0 Å². The highest BCUT2D eigenvalue weighted by Crippen LogP contribution is 2.43. The Balaban J connectivity index is 4.87. The van der Waals surface area contributed by atoms with Gasteiger partial charge in [0.2, 0.25) is 0 Å². The Hall–Kier alpha value is -4.12. The number of unbranched alkanes of at least 4 members (excludes halogenated alkanes) is 15. The molecule has 74 heavy (non-hydrogen) atoms. The third-order valence-electron chi connectivity index (χ3n) is 11.4. The van der Waals surface area contributed by atoms with Crippen molar-refractivity contribution in [3.63, 3.8) is 0 Å². The van der Waals surface area contributed by atoms with E-state index in [9.17, 15) is 28.9 Å². The molecule has 0 heterocycles. The van der Waals surface area contributed by atoms with Crippen LogP contribution in [0, 0.1) is 0 Å². The van der Waals surface area contributed by atoms with Gasteiger partial charge in [0.25, 0.3) is 0 Å². The Morgan fingerprint density at radius 2 is 0.743 bits per heavy atom. The van der Waals surface area contributed by atoms with Gasteiger partial charge in [-0.2, -0.15) is 0 Å². The molecule has 0 aliphatic rings. The van der Waals surface area contributed by atoms with E-state index in [1.54, 1.807) is 6.08 Å². The minimum atomic E-state index is -4.78. The Morgan fingerprint density at radius 3 is 1.15 bits per heavy atom. The molecule has 0 bridgehead atoms. The lowest BCUT2D eigenvalue weighted by atomic mass is 10.1. The number of carbonyl (C=O) groups is 3. The second-order valence-corrected chi connectivity index (χ2v) is 19.8. The molecule has 420 valence electrons. The topological polar surface area (TPSA) is 155 Å². The number of hydrogen-bond acceptors (Lipinski definition) is 10. The van der Waals surface area contributed by atoms with Crippen molar-refractivity contribution in [1.29, 1.82) is 0 Å². The number of allylic oxidation sites excluding steroid dienone is 19. The average Bonchev–Trinajstić information content (AvgIpc) is 3.39. The Labute approximate surface area is 449 Å². The normalized spacial score (nSPS) is 14.3. The molecule has 0 aromatic heterocycles. The number of aliphatic hydroxyl groups excluding tert-OH is 1. The largest absolute Gasteiger partial charge is 0.472 e. The lowest BCUT2D eigenvalue weighted by Crippen LogP contribution is -2.30. The maximum Gasteiger partial charge on any atom is 0.472 e. The van der Waals surface area contributed by atoms with E-state index in [1.165, 1.54) is 19.3 Å². The predicted molar refractivity (Wildman–Crippen MR) is 306 cm³/mol. The van der Waals surface area contributed by atoms with Crippen molar-refractivity contribution < 1.29 is 52.2 Å². The van der Waals surface area contributed by atoms with Gasteiger partial charge < -0.3 is 24.2 Å². The third kappa shape index (κ3) is 52.7. The molecule has 0 aromatic rings. The molecule has 0 saturated carbocycles. The van der Waals surface area contributed by atoms with E-state index in [1.807, 2.05) is 12.2 Å². The first-order valence-corrected chi connectivity index (χ1v) is 29.9. The lowest BCUT2D eigenvalue weighted by molar-refractivity contribution is -0.161. The van der Waals surface area contributed by atoms with Crippen LogP contribution in [-0.2, 0) is 42.2 Å². The van der Waals surface area contributed by atoms with Crippen molar-refractivity contribution in [2.24, 2.45) is 0 Å². The van der Waals surface area contributed by atoms with Gasteiger partial charge in [0.05, 0.1) is 26.2 Å². The molecule has 0 amide bonds. The van der Waals surface area contributed by atoms with Crippen LogP contribution in [0.1, 0.15) is 213 Å². The summed E-state index contributed by atoms with van der Waals surface area (Å²) in [6, 6.07) is 0. The Bertz CT molecular complexity index is 1700. The zero-order chi connectivity index (χ0) is 54.1.